The number of carbonyl (C=O) groups is 1. The summed E-state index contributed by atoms with van der Waals surface area (Å²) < 4.78 is 0. The normalized spacial score (nSPS) is 10.8. The summed E-state index contributed by atoms with van der Waals surface area (Å²) in [7, 11) is 0. The van der Waals surface area contributed by atoms with Gasteiger partial charge in [-0.05, 0) is 30.5 Å². The van der Waals surface area contributed by atoms with Crippen LogP contribution in [0.2, 0.25) is 0 Å². The topological polar surface area (TPSA) is 46.3 Å². The molecule has 0 saturated carbocycles. The molecule has 0 unspecified atom stereocenters. The van der Waals surface area contributed by atoms with Gasteiger partial charge in [-0.1, -0.05) is 38.8 Å². The average molecular weight is 262 g/mol. The number of benzene rings is 1. The van der Waals surface area contributed by atoms with E-state index in [-0.39, 0.29) is 5.91 Å². The molecule has 3 heteroatoms. The molecule has 106 valence electrons. The Bertz CT molecular complexity index is 382. The predicted molar refractivity (Wildman–Crippen MR) is 80.0 cm³/mol. The van der Waals surface area contributed by atoms with Crippen molar-refractivity contribution in [3.63, 3.8) is 0 Å². The highest BCUT2D eigenvalue weighted by atomic mass is 16.2. The molecule has 0 fully saturated rings. The average Bonchev–Trinajstić information content (AvgIpc) is 2.48. The lowest BCUT2D eigenvalue weighted by Crippen LogP contribution is -2.35. The van der Waals surface area contributed by atoms with Gasteiger partial charge in [-0.3, -0.25) is 4.79 Å². The monoisotopic (exact) mass is 262 g/mol. The largest absolute Gasteiger partial charge is 0.339 e. The van der Waals surface area contributed by atoms with Crippen molar-refractivity contribution < 1.29 is 4.79 Å². The number of hydrogen-bond donors (Lipinski definition) is 1. The van der Waals surface area contributed by atoms with Gasteiger partial charge < -0.3 is 10.6 Å². The van der Waals surface area contributed by atoms with E-state index in [1.807, 2.05) is 36.1 Å². The minimum Gasteiger partial charge on any atom is -0.339 e. The van der Waals surface area contributed by atoms with E-state index in [2.05, 4.69) is 13.8 Å². The summed E-state index contributed by atoms with van der Waals surface area (Å²) in [4.78, 5) is 14.4. The summed E-state index contributed by atoms with van der Waals surface area (Å²) in [6.07, 6.45) is 2.23. The summed E-state index contributed by atoms with van der Waals surface area (Å²) in [6, 6.07) is 7.61. The van der Waals surface area contributed by atoms with E-state index >= 15 is 0 Å². The predicted octanol–water partition coefficient (Wildman–Crippen LogP) is 3.04. The summed E-state index contributed by atoms with van der Waals surface area (Å²) in [6.45, 7) is 8.52. The quantitative estimate of drug-likeness (QED) is 0.821. The lowest BCUT2D eigenvalue weighted by Gasteiger charge is -2.25. The first-order chi connectivity index (χ1) is 9.15. The first kappa shape index (κ1) is 15.7. The Hall–Kier alpha value is -1.35. The van der Waals surface area contributed by atoms with Crippen LogP contribution in [0.5, 0.6) is 0 Å². The van der Waals surface area contributed by atoms with Crippen molar-refractivity contribution in [2.75, 3.05) is 13.1 Å². The zero-order valence-electron chi connectivity index (χ0n) is 12.4. The van der Waals surface area contributed by atoms with Crippen LogP contribution in [0.3, 0.4) is 0 Å². The maximum absolute atomic E-state index is 12.4. The molecular formula is C16H26N2O. The van der Waals surface area contributed by atoms with Crippen molar-refractivity contribution in [1.29, 1.82) is 0 Å². The van der Waals surface area contributed by atoms with Gasteiger partial charge in [-0.15, -0.1) is 0 Å². The van der Waals surface area contributed by atoms with Gasteiger partial charge in [0.1, 0.15) is 0 Å². The summed E-state index contributed by atoms with van der Waals surface area (Å²) in [5.41, 5.74) is 7.38. The van der Waals surface area contributed by atoms with E-state index in [1.54, 1.807) is 0 Å². The third kappa shape index (κ3) is 4.35. The Labute approximate surface area is 116 Å². The minimum atomic E-state index is 0.123. The Kier molecular flexibility index (Phi) is 6.57. The molecule has 1 aromatic rings. The molecule has 0 aromatic heterocycles. The van der Waals surface area contributed by atoms with Gasteiger partial charge in [0.25, 0.3) is 5.91 Å². The molecule has 0 aliphatic heterocycles. The highest BCUT2D eigenvalue weighted by Gasteiger charge is 2.17. The number of carbonyl (C=O) groups excluding carboxylic acids is 1. The van der Waals surface area contributed by atoms with Gasteiger partial charge in [-0.25, -0.2) is 0 Å². The molecule has 1 aromatic carbocycles. The van der Waals surface area contributed by atoms with E-state index in [0.29, 0.717) is 12.5 Å². The van der Waals surface area contributed by atoms with Crippen LogP contribution in [-0.4, -0.2) is 23.9 Å². The van der Waals surface area contributed by atoms with Gasteiger partial charge in [-0.2, -0.15) is 0 Å². The fourth-order valence-corrected chi connectivity index (χ4v) is 2.18. The molecule has 0 spiro atoms. The van der Waals surface area contributed by atoms with Crippen LogP contribution in [0.4, 0.5) is 0 Å². The zero-order chi connectivity index (χ0) is 14.3. The second-order valence-corrected chi connectivity index (χ2v) is 4.93. The standard InChI is InChI=1S/C16H26N2O/c1-4-13(5-2)12-18(6-3)16(19)15-9-7-14(11-17)8-10-15/h7-10,13H,4-6,11-12,17H2,1-3H3. The molecule has 0 aliphatic carbocycles. The van der Waals surface area contributed by atoms with Crippen molar-refractivity contribution in [2.45, 2.75) is 40.2 Å². The number of nitrogens with zero attached hydrogens (tertiary/aromatic N) is 1. The first-order valence-electron chi connectivity index (χ1n) is 7.24. The van der Waals surface area contributed by atoms with Crippen LogP contribution in [0, 0.1) is 5.92 Å². The fraction of sp³-hybridized carbons (Fsp3) is 0.562. The zero-order valence-corrected chi connectivity index (χ0v) is 12.4. The van der Waals surface area contributed by atoms with Crippen LogP contribution < -0.4 is 5.73 Å². The van der Waals surface area contributed by atoms with Gasteiger partial charge in [0.05, 0.1) is 0 Å². The van der Waals surface area contributed by atoms with Crippen molar-refractivity contribution >= 4 is 5.91 Å². The molecule has 2 N–H and O–H groups in total. The molecule has 0 aliphatic rings. The van der Waals surface area contributed by atoms with E-state index in [4.69, 9.17) is 5.73 Å². The molecule has 0 atom stereocenters. The Balaban J connectivity index is 2.76. The molecule has 3 nitrogen and oxygen atoms in total. The summed E-state index contributed by atoms with van der Waals surface area (Å²) >= 11 is 0. The number of rotatable bonds is 7. The molecule has 1 rings (SSSR count). The van der Waals surface area contributed by atoms with Gasteiger partial charge in [0.15, 0.2) is 0 Å². The number of nitrogens with two attached hydrogens (primary N) is 1. The third-order valence-electron chi connectivity index (χ3n) is 3.74. The number of amides is 1. The van der Waals surface area contributed by atoms with Crippen LogP contribution in [-0.2, 0) is 6.54 Å². The lowest BCUT2D eigenvalue weighted by molar-refractivity contribution is 0.0735. The van der Waals surface area contributed by atoms with Crippen molar-refractivity contribution in [3.8, 4) is 0 Å². The van der Waals surface area contributed by atoms with Crippen LogP contribution >= 0.6 is 0 Å². The molecule has 0 saturated heterocycles. The molecular weight excluding hydrogens is 236 g/mol. The van der Waals surface area contributed by atoms with Crippen molar-refractivity contribution in [3.05, 3.63) is 35.4 Å². The highest BCUT2D eigenvalue weighted by Crippen LogP contribution is 2.13. The van der Waals surface area contributed by atoms with E-state index < -0.39 is 0 Å². The summed E-state index contributed by atoms with van der Waals surface area (Å²) in [5.74, 6) is 0.713. The second-order valence-electron chi connectivity index (χ2n) is 4.93. The number of hydrogen-bond acceptors (Lipinski definition) is 2. The van der Waals surface area contributed by atoms with E-state index in [9.17, 15) is 4.79 Å². The van der Waals surface area contributed by atoms with Crippen molar-refractivity contribution in [1.82, 2.24) is 4.90 Å². The minimum absolute atomic E-state index is 0.123. The van der Waals surface area contributed by atoms with Crippen LogP contribution in [0.15, 0.2) is 24.3 Å². The molecule has 19 heavy (non-hydrogen) atoms. The second kappa shape index (κ2) is 7.95. The molecule has 0 radical (unpaired) electrons. The van der Waals surface area contributed by atoms with Gasteiger partial charge >= 0.3 is 0 Å². The summed E-state index contributed by atoms with van der Waals surface area (Å²) in [5, 5.41) is 0. The van der Waals surface area contributed by atoms with Gasteiger partial charge in [0, 0.05) is 25.2 Å². The van der Waals surface area contributed by atoms with Crippen LogP contribution in [0.25, 0.3) is 0 Å². The first-order valence-corrected chi connectivity index (χ1v) is 7.24. The fourth-order valence-electron chi connectivity index (χ4n) is 2.18. The maximum atomic E-state index is 12.4. The smallest absolute Gasteiger partial charge is 0.253 e. The molecule has 1 amide bonds. The highest BCUT2D eigenvalue weighted by molar-refractivity contribution is 5.94. The Morgan fingerprint density at radius 3 is 2.16 bits per heavy atom. The lowest BCUT2D eigenvalue weighted by atomic mass is 10.0. The third-order valence-corrected chi connectivity index (χ3v) is 3.74. The van der Waals surface area contributed by atoms with Crippen LogP contribution in [0.1, 0.15) is 49.5 Å². The molecule has 0 bridgehead atoms. The van der Waals surface area contributed by atoms with E-state index in [1.165, 1.54) is 0 Å². The van der Waals surface area contributed by atoms with E-state index in [0.717, 1.165) is 37.1 Å². The maximum Gasteiger partial charge on any atom is 0.253 e. The SMILES string of the molecule is CCC(CC)CN(CC)C(=O)c1ccc(CN)cc1. The Morgan fingerprint density at radius 1 is 1.16 bits per heavy atom. The van der Waals surface area contributed by atoms with Gasteiger partial charge in [0.2, 0.25) is 0 Å². The Morgan fingerprint density at radius 2 is 1.74 bits per heavy atom. The molecule has 0 heterocycles. The van der Waals surface area contributed by atoms with Crippen molar-refractivity contribution in [2.24, 2.45) is 11.7 Å².